The first-order valence-electron chi connectivity index (χ1n) is 4.28. The van der Waals surface area contributed by atoms with Gasteiger partial charge in [0.05, 0.1) is 0 Å². The Bertz CT molecular complexity index is 279. The molecule has 0 fully saturated rings. The summed E-state index contributed by atoms with van der Waals surface area (Å²) in [7, 11) is 0. The highest BCUT2D eigenvalue weighted by atomic mass is 127. The van der Waals surface area contributed by atoms with Crippen LogP contribution in [0.1, 0.15) is 18.1 Å². The topological polar surface area (TPSA) is 12.0 Å². The van der Waals surface area contributed by atoms with E-state index in [-0.39, 0.29) is 5.56 Å². The minimum atomic E-state index is -2.74. The summed E-state index contributed by atoms with van der Waals surface area (Å²) in [4.78, 5) is 0. The Hall–Kier alpha value is -0.230. The second-order valence-electron chi connectivity index (χ2n) is 3.15. The number of alkyl halides is 3. The van der Waals surface area contributed by atoms with Crippen LogP contribution < -0.4 is 5.32 Å². The van der Waals surface area contributed by atoms with Gasteiger partial charge in [-0.2, -0.15) is 0 Å². The summed E-state index contributed by atoms with van der Waals surface area (Å²) in [6.07, 6.45) is 0. The summed E-state index contributed by atoms with van der Waals surface area (Å²) in [6.45, 7) is 1.63. The first-order chi connectivity index (χ1) is 6.54. The van der Waals surface area contributed by atoms with Crippen LogP contribution >= 0.6 is 22.6 Å². The molecule has 4 heteroatoms. The Morgan fingerprint density at radius 3 is 2.29 bits per heavy atom. The fraction of sp³-hybridized carbons (Fsp3) is 0.400. The molecule has 0 aromatic heterocycles. The molecule has 0 spiro atoms. The third-order valence-corrected chi connectivity index (χ3v) is 2.42. The summed E-state index contributed by atoms with van der Waals surface area (Å²) in [5, 5.41) is 3.12. The molecule has 1 aromatic carbocycles. The van der Waals surface area contributed by atoms with Gasteiger partial charge in [0, 0.05) is 23.6 Å². The van der Waals surface area contributed by atoms with Crippen LogP contribution in [0.3, 0.4) is 0 Å². The second kappa shape index (κ2) is 5.02. The van der Waals surface area contributed by atoms with Crippen molar-refractivity contribution in [3.8, 4) is 0 Å². The van der Waals surface area contributed by atoms with E-state index in [9.17, 15) is 8.78 Å². The van der Waals surface area contributed by atoms with E-state index in [0.29, 0.717) is 0 Å². The van der Waals surface area contributed by atoms with Crippen molar-refractivity contribution in [2.45, 2.75) is 19.4 Å². The van der Waals surface area contributed by atoms with Gasteiger partial charge in [0.25, 0.3) is 5.92 Å². The van der Waals surface area contributed by atoms with Gasteiger partial charge in [0.15, 0.2) is 0 Å². The Labute approximate surface area is 96.0 Å². The molecule has 0 aliphatic rings. The van der Waals surface area contributed by atoms with Crippen molar-refractivity contribution in [2.75, 3.05) is 4.55 Å². The van der Waals surface area contributed by atoms with Gasteiger partial charge >= 0.3 is 0 Å². The highest BCUT2D eigenvalue weighted by Crippen LogP contribution is 2.26. The Kier molecular flexibility index (Phi) is 4.25. The second-order valence-corrected chi connectivity index (χ2v) is 3.91. The third-order valence-electron chi connectivity index (χ3n) is 1.88. The number of hydrogen-bond donors (Lipinski definition) is 1. The molecule has 0 amide bonds. The van der Waals surface area contributed by atoms with Gasteiger partial charge in [-0.1, -0.05) is 46.9 Å². The molecule has 1 rings (SSSR count). The zero-order chi connectivity index (χ0) is 10.6. The normalized spacial score (nSPS) is 11.7. The molecule has 0 saturated heterocycles. The van der Waals surface area contributed by atoms with Crippen molar-refractivity contribution in [1.29, 1.82) is 0 Å². The minimum absolute atomic E-state index is 0.0655. The lowest BCUT2D eigenvalue weighted by Gasteiger charge is -2.10. The maximum absolute atomic E-state index is 12.8. The number of hydrogen-bond acceptors (Lipinski definition) is 1. The molecular weight excluding hydrogens is 299 g/mol. The van der Waals surface area contributed by atoms with E-state index in [4.69, 9.17) is 0 Å². The quantitative estimate of drug-likeness (QED) is 0.511. The number of rotatable bonds is 4. The number of nitrogens with one attached hydrogen (secondary N) is 1. The lowest BCUT2D eigenvalue weighted by atomic mass is 10.1. The molecule has 0 heterocycles. The zero-order valence-corrected chi connectivity index (χ0v) is 10.0. The predicted octanol–water partition coefficient (Wildman–Crippen LogP) is 3.28. The van der Waals surface area contributed by atoms with Crippen LogP contribution in [0.2, 0.25) is 0 Å². The highest BCUT2D eigenvalue weighted by Gasteiger charge is 2.23. The summed E-state index contributed by atoms with van der Waals surface area (Å²) in [5.41, 5.74) is 1.09. The van der Waals surface area contributed by atoms with E-state index in [0.717, 1.165) is 23.6 Å². The standard InChI is InChI=1S/C10H12F2IN/c1-10(11,12)9-4-2-8(3-5-9)6-14-7-13/h2-5,14H,6-7H2,1H3. The molecule has 14 heavy (non-hydrogen) atoms. The zero-order valence-electron chi connectivity index (χ0n) is 7.86. The molecule has 0 saturated carbocycles. The highest BCUT2D eigenvalue weighted by molar-refractivity contribution is 14.1. The molecule has 0 aliphatic carbocycles. The van der Waals surface area contributed by atoms with Gasteiger partial charge in [0.1, 0.15) is 0 Å². The van der Waals surface area contributed by atoms with Crippen molar-refractivity contribution < 1.29 is 8.78 Å². The van der Waals surface area contributed by atoms with Gasteiger partial charge in [-0.05, 0) is 5.56 Å². The lowest BCUT2D eigenvalue weighted by Crippen LogP contribution is -2.11. The van der Waals surface area contributed by atoms with Crippen LogP contribution in [0.25, 0.3) is 0 Å². The fourth-order valence-corrected chi connectivity index (χ4v) is 1.38. The fourth-order valence-electron chi connectivity index (χ4n) is 1.11. The third kappa shape index (κ3) is 3.49. The van der Waals surface area contributed by atoms with E-state index in [1.807, 2.05) is 0 Å². The smallest absolute Gasteiger partial charge is 0.270 e. The van der Waals surface area contributed by atoms with Gasteiger partial charge in [-0.3, -0.25) is 0 Å². The van der Waals surface area contributed by atoms with Crippen molar-refractivity contribution in [1.82, 2.24) is 5.32 Å². The van der Waals surface area contributed by atoms with Crippen molar-refractivity contribution in [3.05, 3.63) is 35.4 Å². The van der Waals surface area contributed by atoms with Gasteiger partial charge in [-0.25, -0.2) is 8.78 Å². The SMILES string of the molecule is CC(F)(F)c1ccc(CNCI)cc1. The van der Waals surface area contributed by atoms with Crippen molar-refractivity contribution in [3.63, 3.8) is 0 Å². The number of benzene rings is 1. The average molecular weight is 311 g/mol. The van der Waals surface area contributed by atoms with Crippen molar-refractivity contribution >= 4 is 22.6 Å². The van der Waals surface area contributed by atoms with E-state index >= 15 is 0 Å². The average Bonchev–Trinajstić information content (AvgIpc) is 2.14. The van der Waals surface area contributed by atoms with Crippen LogP contribution in [0.5, 0.6) is 0 Å². The molecule has 78 valence electrons. The van der Waals surface area contributed by atoms with Gasteiger partial charge < -0.3 is 5.32 Å². The van der Waals surface area contributed by atoms with E-state index in [1.54, 1.807) is 12.1 Å². The molecule has 0 atom stereocenters. The van der Waals surface area contributed by atoms with Crippen LogP contribution in [-0.4, -0.2) is 4.55 Å². The Morgan fingerprint density at radius 1 is 1.29 bits per heavy atom. The lowest BCUT2D eigenvalue weighted by molar-refractivity contribution is 0.0174. The van der Waals surface area contributed by atoms with Crippen LogP contribution in [-0.2, 0) is 12.5 Å². The molecule has 0 bridgehead atoms. The molecule has 1 nitrogen and oxygen atoms in total. The molecule has 0 unspecified atom stereocenters. The summed E-state index contributed by atoms with van der Waals surface area (Å²) < 4.78 is 26.5. The molecule has 1 aromatic rings. The molecular formula is C10H12F2IN. The predicted molar refractivity (Wildman–Crippen MR) is 61.7 cm³/mol. The Balaban J connectivity index is 2.69. The van der Waals surface area contributed by atoms with E-state index in [2.05, 4.69) is 27.9 Å². The maximum Gasteiger partial charge on any atom is 0.270 e. The molecule has 0 radical (unpaired) electrons. The van der Waals surface area contributed by atoms with Crippen LogP contribution in [0.15, 0.2) is 24.3 Å². The van der Waals surface area contributed by atoms with E-state index < -0.39 is 5.92 Å². The number of halogens is 3. The van der Waals surface area contributed by atoms with Crippen LogP contribution in [0, 0.1) is 0 Å². The molecule has 0 aliphatic heterocycles. The monoisotopic (exact) mass is 311 g/mol. The summed E-state index contributed by atoms with van der Waals surface area (Å²) >= 11 is 2.20. The summed E-state index contributed by atoms with van der Waals surface area (Å²) in [5.74, 6) is -2.74. The molecule has 1 N–H and O–H groups in total. The van der Waals surface area contributed by atoms with Crippen LogP contribution in [0.4, 0.5) is 8.78 Å². The first-order valence-corrected chi connectivity index (χ1v) is 5.80. The van der Waals surface area contributed by atoms with Gasteiger partial charge in [-0.15, -0.1) is 0 Å². The summed E-state index contributed by atoms with van der Waals surface area (Å²) in [6, 6.07) is 6.41. The minimum Gasteiger partial charge on any atom is -0.304 e. The van der Waals surface area contributed by atoms with E-state index in [1.165, 1.54) is 12.1 Å². The first kappa shape index (κ1) is 11.8. The largest absolute Gasteiger partial charge is 0.304 e. The maximum atomic E-state index is 12.8. The van der Waals surface area contributed by atoms with Gasteiger partial charge in [0.2, 0.25) is 0 Å². The Morgan fingerprint density at radius 2 is 1.86 bits per heavy atom. The van der Waals surface area contributed by atoms with Crippen molar-refractivity contribution in [2.24, 2.45) is 0 Å².